The molecule has 130 valence electrons. The van der Waals surface area contributed by atoms with Crippen LogP contribution in [0.3, 0.4) is 0 Å². The van der Waals surface area contributed by atoms with Crippen LogP contribution in [0.2, 0.25) is 5.02 Å². The predicted molar refractivity (Wildman–Crippen MR) is 104 cm³/mol. The number of halogens is 1. The summed E-state index contributed by atoms with van der Waals surface area (Å²) in [5.74, 6) is 0.794. The number of aromatic nitrogens is 1. The summed E-state index contributed by atoms with van der Waals surface area (Å²) >= 11 is 6.06. The summed E-state index contributed by atoms with van der Waals surface area (Å²) in [5.41, 5.74) is 2.94. The molecule has 4 nitrogen and oxygen atoms in total. The number of nitrogens with zero attached hydrogens (tertiary/aromatic N) is 1. The molecule has 0 saturated heterocycles. The van der Waals surface area contributed by atoms with Crippen molar-refractivity contribution in [1.82, 2.24) is 4.57 Å². The van der Waals surface area contributed by atoms with Gasteiger partial charge in [-0.2, -0.15) is 0 Å². The molecule has 0 aliphatic carbocycles. The molecule has 0 spiro atoms. The highest BCUT2D eigenvalue weighted by Gasteiger charge is 2.26. The Balaban J connectivity index is 1.93. The Hall–Kier alpha value is -2.85. The van der Waals surface area contributed by atoms with Gasteiger partial charge in [0.05, 0.1) is 12.7 Å². The Labute approximate surface area is 154 Å². The van der Waals surface area contributed by atoms with Gasteiger partial charge in [-0.15, -0.1) is 0 Å². The largest absolute Gasteiger partial charge is 0.497 e. The minimum Gasteiger partial charge on any atom is -0.497 e. The summed E-state index contributed by atoms with van der Waals surface area (Å²) in [7, 11) is 1.64. The lowest BCUT2D eigenvalue weighted by molar-refractivity contribution is 0.414. The van der Waals surface area contributed by atoms with E-state index in [0.29, 0.717) is 12.1 Å². The second kappa shape index (κ2) is 6.15. The maximum atomic E-state index is 12.1. The van der Waals surface area contributed by atoms with Gasteiger partial charge in [-0.25, -0.2) is 0 Å². The van der Waals surface area contributed by atoms with Crippen LogP contribution in [0.5, 0.6) is 5.75 Å². The normalized spacial score (nSPS) is 11.3. The van der Waals surface area contributed by atoms with Crippen LogP contribution in [0, 0.1) is 6.92 Å². The summed E-state index contributed by atoms with van der Waals surface area (Å²) in [6.45, 7) is 2.57. The zero-order valence-electron chi connectivity index (χ0n) is 14.4. The molecule has 0 N–H and O–H groups in total. The summed E-state index contributed by atoms with van der Waals surface area (Å²) in [5, 5.41) is 0.948. The van der Waals surface area contributed by atoms with Gasteiger partial charge in [0.1, 0.15) is 10.8 Å². The third-order valence-electron chi connectivity index (χ3n) is 4.81. The third-order valence-corrected chi connectivity index (χ3v) is 5.17. The smallest absolute Gasteiger partial charge is 0.245 e. The van der Waals surface area contributed by atoms with E-state index < -0.39 is 10.9 Å². The highest BCUT2D eigenvalue weighted by Crippen LogP contribution is 2.36. The number of para-hydroxylation sites is 1. The Bertz CT molecular complexity index is 1210. The van der Waals surface area contributed by atoms with Crippen molar-refractivity contribution in [2.45, 2.75) is 13.5 Å². The van der Waals surface area contributed by atoms with E-state index in [9.17, 15) is 9.59 Å². The number of methoxy groups -OCH3 is 1. The molecule has 5 heteroatoms. The molecule has 0 aliphatic rings. The van der Waals surface area contributed by atoms with Crippen LogP contribution in [-0.4, -0.2) is 11.7 Å². The molecule has 3 aromatic carbocycles. The zero-order valence-corrected chi connectivity index (χ0v) is 15.1. The highest BCUT2D eigenvalue weighted by molar-refractivity contribution is 6.34. The number of benzene rings is 2. The summed E-state index contributed by atoms with van der Waals surface area (Å²) in [6, 6.07) is 15.7. The number of rotatable bonds is 4. The Morgan fingerprint density at radius 2 is 1.77 bits per heavy atom. The second-order valence-electron chi connectivity index (χ2n) is 6.26. The number of fused-ring (bicyclic) bond motifs is 1. The molecule has 4 aromatic rings. The van der Waals surface area contributed by atoms with Crippen LogP contribution < -0.4 is 15.6 Å². The van der Waals surface area contributed by atoms with Gasteiger partial charge in [-0.05, 0) is 30.7 Å². The molecule has 4 rings (SSSR count). The summed E-state index contributed by atoms with van der Waals surface area (Å²) < 4.78 is 7.44. The fourth-order valence-corrected chi connectivity index (χ4v) is 3.76. The van der Waals surface area contributed by atoms with Gasteiger partial charge in [0, 0.05) is 28.7 Å². The fraction of sp³-hybridized carbons (Fsp3) is 0.143. The van der Waals surface area contributed by atoms with Crippen LogP contribution in [0.4, 0.5) is 0 Å². The van der Waals surface area contributed by atoms with Crippen LogP contribution in [0.25, 0.3) is 22.0 Å². The maximum Gasteiger partial charge on any atom is 0.245 e. The first-order valence-electron chi connectivity index (χ1n) is 8.23. The summed E-state index contributed by atoms with van der Waals surface area (Å²) in [4.78, 5) is 23.7. The quantitative estimate of drug-likeness (QED) is 0.515. The molecule has 0 saturated carbocycles. The first kappa shape index (κ1) is 16.6. The molecule has 26 heavy (non-hydrogen) atoms. The van der Waals surface area contributed by atoms with Crippen LogP contribution in [-0.2, 0) is 6.54 Å². The minimum atomic E-state index is -0.606. The van der Waals surface area contributed by atoms with E-state index in [1.165, 1.54) is 0 Å². The number of hydrogen-bond acceptors (Lipinski definition) is 3. The monoisotopic (exact) mass is 365 g/mol. The van der Waals surface area contributed by atoms with Gasteiger partial charge in [0.25, 0.3) is 0 Å². The second-order valence-corrected chi connectivity index (χ2v) is 6.64. The Kier molecular flexibility index (Phi) is 3.93. The molecule has 1 heterocycles. The van der Waals surface area contributed by atoms with Crippen molar-refractivity contribution in [2.75, 3.05) is 7.11 Å². The van der Waals surface area contributed by atoms with Crippen molar-refractivity contribution >= 4 is 22.5 Å². The fourth-order valence-electron chi connectivity index (χ4n) is 3.49. The van der Waals surface area contributed by atoms with Crippen LogP contribution in [0.15, 0.2) is 58.1 Å². The zero-order chi connectivity index (χ0) is 18.4. The molecule has 0 fully saturated rings. The van der Waals surface area contributed by atoms with Crippen molar-refractivity contribution in [3.05, 3.63) is 85.3 Å². The van der Waals surface area contributed by atoms with Crippen molar-refractivity contribution in [3.63, 3.8) is 0 Å². The lowest BCUT2D eigenvalue weighted by Crippen LogP contribution is -2.33. The van der Waals surface area contributed by atoms with E-state index in [1.54, 1.807) is 7.11 Å². The predicted octanol–water partition coefficient (Wildman–Crippen LogP) is 3.92. The van der Waals surface area contributed by atoms with E-state index in [0.717, 1.165) is 33.5 Å². The SMILES string of the molecule is COc1cccc(Cn2c(C)c(-c3c(Cl)c(=O)c3=O)c3ccccc32)c1. The van der Waals surface area contributed by atoms with Crippen molar-refractivity contribution in [3.8, 4) is 16.9 Å². The highest BCUT2D eigenvalue weighted by atomic mass is 35.5. The standard InChI is InChI=1S/C21H16ClNO3/c1-12-17(18-19(22)21(25)20(18)24)15-8-3-4-9-16(15)23(12)11-13-6-5-7-14(10-13)26-2/h3-10H,11H2,1-2H3. The molecular weight excluding hydrogens is 350 g/mol. The van der Waals surface area contributed by atoms with Gasteiger partial charge >= 0.3 is 0 Å². The molecule has 1 aromatic heterocycles. The minimum absolute atomic E-state index is 0.0300. The molecule has 0 bridgehead atoms. The molecule has 0 radical (unpaired) electrons. The van der Waals surface area contributed by atoms with E-state index in [-0.39, 0.29) is 5.02 Å². The lowest BCUT2D eigenvalue weighted by Gasteiger charge is -2.11. The lowest BCUT2D eigenvalue weighted by atomic mass is 9.98. The third kappa shape index (κ3) is 2.37. The van der Waals surface area contributed by atoms with Gasteiger partial charge in [0.15, 0.2) is 0 Å². The van der Waals surface area contributed by atoms with E-state index >= 15 is 0 Å². The van der Waals surface area contributed by atoms with Crippen LogP contribution in [0.1, 0.15) is 11.3 Å². The Morgan fingerprint density at radius 1 is 1.00 bits per heavy atom. The first-order valence-corrected chi connectivity index (χ1v) is 8.60. The van der Waals surface area contributed by atoms with Crippen molar-refractivity contribution < 1.29 is 4.74 Å². The van der Waals surface area contributed by atoms with Crippen molar-refractivity contribution in [1.29, 1.82) is 0 Å². The Morgan fingerprint density at radius 3 is 2.50 bits per heavy atom. The number of ether oxygens (including phenoxy) is 1. The average molecular weight is 366 g/mol. The molecular formula is C21H16ClNO3. The van der Waals surface area contributed by atoms with Gasteiger partial charge in [0.2, 0.25) is 10.9 Å². The molecule has 0 aliphatic heterocycles. The summed E-state index contributed by atoms with van der Waals surface area (Å²) in [6.07, 6.45) is 0. The average Bonchev–Trinajstić information content (AvgIpc) is 2.94. The first-order chi connectivity index (χ1) is 12.5. The maximum absolute atomic E-state index is 12.1. The number of hydrogen-bond donors (Lipinski definition) is 0. The van der Waals surface area contributed by atoms with E-state index in [2.05, 4.69) is 4.57 Å². The van der Waals surface area contributed by atoms with E-state index in [1.807, 2.05) is 55.5 Å². The molecule has 0 unspecified atom stereocenters. The molecule has 0 amide bonds. The van der Waals surface area contributed by atoms with Gasteiger partial charge < -0.3 is 9.30 Å². The molecule has 0 atom stereocenters. The van der Waals surface area contributed by atoms with Gasteiger partial charge in [-0.1, -0.05) is 41.9 Å². The van der Waals surface area contributed by atoms with Crippen LogP contribution >= 0.6 is 11.6 Å². The van der Waals surface area contributed by atoms with Gasteiger partial charge in [-0.3, -0.25) is 9.59 Å². The van der Waals surface area contributed by atoms with E-state index in [4.69, 9.17) is 16.3 Å². The van der Waals surface area contributed by atoms with Crippen molar-refractivity contribution in [2.24, 2.45) is 0 Å². The topological polar surface area (TPSA) is 48.3 Å².